The molecule has 0 aliphatic rings. The largest absolute Gasteiger partial charge is 0.496 e. The highest BCUT2D eigenvalue weighted by Gasteiger charge is 2.16. The molecule has 0 radical (unpaired) electrons. The molecule has 0 spiro atoms. The summed E-state index contributed by atoms with van der Waals surface area (Å²) in [6, 6.07) is 32.2. The summed E-state index contributed by atoms with van der Waals surface area (Å²) in [6.45, 7) is 0. The van der Waals surface area contributed by atoms with Crippen molar-refractivity contribution >= 4 is 41.1 Å². The maximum absolute atomic E-state index is 13.3. The van der Waals surface area contributed by atoms with Crippen molar-refractivity contribution < 1.29 is 19.1 Å². The molecule has 4 aromatic rings. The van der Waals surface area contributed by atoms with Crippen molar-refractivity contribution in [1.82, 2.24) is 5.32 Å². The Hall–Kier alpha value is -4.62. The molecular weight excluding hydrogens is 496 g/mol. The third kappa shape index (κ3) is 7.21. The number of anilines is 1. The Morgan fingerprint density at radius 2 is 1.37 bits per heavy atom. The summed E-state index contributed by atoms with van der Waals surface area (Å²) in [4.78, 5) is 39.4. The summed E-state index contributed by atoms with van der Waals surface area (Å²) in [5, 5.41) is 5.56. The predicted octanol–water partition coefficient (Wildman–Crippen LogP) is 6.08. The molecule has 190 valence electrons. The van der Waals surface area contributed by atoms with Gasteiger partial charge in [0.15, 0.2) is 5.78 Å². The van der Waals surface area contributed by atoms with Gasteiger partial charge in [0.05, 0.1) is 12.9 Å². The molecule has 0 heterocycles. The number of hydrogen-bond donors (Lipinski definition) is 2. The second-order valence-corrected chi connectivity index (χ2v) is 9.23. The van der Waals surface area contributed by atoms with Gasteiger partial charge in [0, 0.05) is 27.3 Å². The van der Waals surface area contributed by atoms with Crippen LogP contribution >= 0.6 is 11.8 Å². The van der Waals surface area contributed by atoms with Gasteiger partial charge in [-0.15, -0.1) is 11.8 Å². The summed E-state index contributed by atoms with van der Waals surface area (Å²) >= 11 is 1.42. The zero-order chi connectivity index (χ0) is 26.7. The van der Waals surface area contributed by atoms with E-state index in [9.17, 15) is 14.4 Å². The van der Waals surface area contributed by atoms with E-state index in [-0.39, 0.29) is 11.5 Å². The number of thioether (sulfide) groups is 1. The fourth-order valence-electron chi connectivity index (χ4n) is 3.57. The normalized spacial score (nSPS) is 10.9. The van der Waals surface area contributed by atoms with E-state index in [1.165, 1.54) is 11.8 Å². The van der Waals surface area contributed by atoms with Gasteiger partial charge in [-0.2, -0.15) is 0 Å². The van der Waals surface area contributed by atoms with Gasteiger partial charge in [-0.05, 0) is 48.5 Å². The van der Waals surface area contributed by atoms with Gasteiger partial charge in [-0.1, -0.05) is 66.7 Å². The van der Waals surface area contributed by atoms with E-state index in [1.54, 1.807) is 73.8 Å². The number of amides is 2. The summed E-state index contributed by atoms with van der Waals surface area (Å²) < 4.78 is 5.40. The molecule has 0 atom stereocenters. The van der Waals surface area contributed by atoms with E-state index in [1.807, 2.05) is 48.5 Å². The summed E-state index contributed by atoms with van der Waals surface area (Å²) in [7, 11) is 1.54. The second-order valence-electron chi connectivity index (χ2n) is 8.18. The first kappa shape index (κ1) is 26.4. The molecule has 4 aromatic carbocycles. The number of methoxy groups -OCH3 is 1. The molecule has 0 saturated heterocycles. The van der Waals surface area contributed by atoms with Crippen LogP contribution in [0.5, 0.6) is 5.75 Å². The Kier molecular flexibility index (Phi) is 9.10. The van der Waals surface area contributed by atoms with E-state index in [4.69, 9.17) is 4.74 Å². The molecular formula is C31H26N2O4S. The molecule has 0 unspecified atom stereocenters. The van der Waals surface area contributed by atoms with Crippen LogP contribution in [0.25, 0.3) is 6.08 Å². The number of ketones is 1. The molecule has 0 aliphatic carbocycles. The van der Waals surface area contributed by atoms with Crippen molar-refractivity contribution in [3.63, 3.8) is 0 Å². The van der Waals surface area contributed by atoms with E-state index < -0.39 is 11.8 Å². The number of Topliss-reactive ketones (excluding diaryl/α,β-unsaturated/α-hetero) is 1. The van der Waals surface area contributed by atoms with Gasteiger partial charge in [0.25, 0.3) is 11.8 Å². The van der Waals surface area contributed by atoms with Crippen LogP contribution in [0.1, 0.15) is 26.3 Å². The number of benzene rings is 4. The van der Waals surface area contributed by atoms with Crippen LogP contribution < -0.4 is 15.4 Å². The highest BCUT2D eigenvalue weighted by Crippen LogP contribution is 2.23. The quantitative estimate of drug-likeness (QED) is 0.150. The molecule has 0 bridgehead atoms. The maximum Gasteiger partial charge on any atom is 0.272 e. The molecule has 2 N–H and O–H groups in total. The topological polar surface area (TPSA) is 84.5 Å². The first-order valence-electron chi connectivity index (χ1n) is 11.9. The van der Waals surface area contributed by atoms with Gasteiger partial charge in [-0.3, -0.25) is 14.4 Å². The third-order valence-corrected chi connectivity index (χ3v) is 6.56. The highest BCUT2D eigenvalue weighted by atomic mass is 32.2. The Balaban J connectivity index is 1.47. The molecule has 0 aromatic heterocycles. The first-order chi connectivity index (χ1) is 18.5. The fraction of sp³-hybridized carbons (Fsp3) is 0.0645. The van der Waals surface area contributed by atoms with E-state index in [2.05, 4.69) is 10.6 Å². The molecule has 0 aliphatic heterocycles. The number of hydrogen-bond acceptors (Lipinski definition) is 5. The molecule has 7 heteroatoms. The van der Waals surface area contributed by atoms with Crippen LogP contribution in [0.15, 0.2) is 120 Å². The number of rotatable bonds is 10. The van der Waals surface area contributed by atoms with Gasteiger partial charge in [0.2, 0.25) is 0 Å². The zero-order valence-electron chi connectivity index (χ0n) is 20.7. The standard InChI is InChI=1S/C31H26N2O4S/c1-37-29-15-9-8-14-24(29)20-27(33-30(35)23-12-6-3-7-13-23)31(36)32-25-16-18-26(19-17-25)38-21-28(34)22-10-4-2-5-11-22/h2-20H,21H2,1H3,(H,32,36)(H,33,35)/b27-20-. The van der Waals surface area contributed by atoms with Gasteiger partial charge < -0.3 is 15.4 Å². The molecule has 4 rings (SSSR count). The van der Waals surface area contributed by atoms with Gasteiger partial charge in [-0.25, -0.2) is 0 Å². The molecule has 0 saturated carbocycles. The second kappa shape index (κ2) is 13.1. The Morgan fingerprint density at radius 1 is 0.763 bits per heavy atom. The van der Waals surface area contributed by atoms with Crippen LogP contribution in [0.2, 0.25) is 0 Å². The molecule has 6 nitrogen and oxygen atoms in total. The Labute approximate surface area is 225 Å². The maximum atomic E-state index is 13.3. The Bertz CT molecular complexity index is 1440. The van der Waals surface area contributed by atoms with Crippen LogP contribution in [-0.2, 0) is 4.79 Å². The predicted molar refractivity (Wildman–Crippen MR) is 151 cm³/mol. The molecule has 0 fully saturated rings. The van der Waals surface area contributed by atoms with Crippen molar-refractivity contribution in [3.8, 4) is 5.75 Å². The van der Waals surface area contributed by atoms with Crippen LogP contribution in [-0.4, -0.2) is 30.5 Å². The first-order valence-corrected chi connectivity index (χ1v) is 12.9. The van der Waals surface area contributed by atoms with Crippen molar-refractivity contribution in [1.29, 1.82) is 0 Å². The van der Waals surface area contributed by atoms with E-state index in [0.717, 1.165) is 4.90 Å². The number of carbonyl (C=O) groups excluding carboxylic acids is 3. The number of para-hydroxylation sites is 1. The lowest BCUT2D eigenvalue weighted by atomic mass is 10.1. The monoisotopic (exact) mass is 522 g/mol. The minimum Gasteiger partial charge on any atom is -0.496 e. The SMILES string of the molecule is COc1ccccc1/C=C(\NC(=O)c1ccccc1)C(=O)Nc1ccc(SCC(=O)c2ccccc2)cc1. The van der Waals surface area contributed by atoms with Crippen molar-refractivity contribution in [2.24, 2.45) is 0 Å². The lowest BCUT2D eigenvalue weighted by Crippen LogP contribution is -2.30. The number of nitrogens with one attached hydrogen (secondary N) is 2. The average Bonchev–Trinajstić information content (AvgIpc) is 2.97. The lowest BCUT2D eigenvalue weighted by molar-refractivity contribution is -0.113. The van der Waals surface area contributed by atoms with E-state index in [0.29, 0.717) is 33.9 Å². The zero-order valence-corrected chi connectivity index (χ0v) is 21.5. The fourth-order valence-corrected chi connectivity index (χ4v) is 4.37. The summed E-state index contributed by atoms with van der Waals surface area (Å²) in [5.74, 6) is 0.0375. The number of ether oxygens (including phenoxy) is 1. The molecule has 2 amide bonds. The highest BCUT2D eigenvalue weighted by molar-refractivity contribution is 8.00. The molecule has 38 heavy (non-hydrogen) atoms. The van der Waals surface area contributed by atoms with Crippen LogP contribution in [0.3, 0.4) is 0 Å². The summed E-state index contributed by atoms with van der Waals surface area (Å²) in [5.41, 5.74) is 2.36. The summed E-state index contributed by atoms with van der Waals surface area (Å²) in [6.07, 6.45) is 1.58. The smallest absolute Gasteiger partial charge is 0.272 e. The van der Waals surface area contributed by atoms with Gasteiger partial charge in [0.1, 0.15) is 11.4 Å². The van der Waals surface area contributed by atoms with Crippen molar-refractivity contribution in [3.05, 3.63) is 132 Å². The third-order valence-electron chi connectivity index (χ3n) is 5.55. The van der Waals surface area contributed by atoms with Gasteiger partial charge >= 0.3 is 0 Å². The van der Waals surface area contributed by atoms with Crippen molar-refractivity contribution in [2.75, 3.05) is 18.2 Å². The van der Waals surface area contributed by atoms with Crippen molar-refractivity contribution in [2.45, 2.75) is 4.90 Å². The minimum atomic E-state index is -0.486. The van der Waals surface area contributed by atoms with E-state index >= 15 is 0 Å². The minimum absolute atomic E-state index is 0.0493. The Morgan fingerprint density at radius 3 is 2.03 bits per heavy atom. The average molecular weight is 523 g/mol. The lowest BCUT2D eigenvalue weighted by Gasteiger charge is -2.13. The van der Waals surface area contributed by atoms with Crippen LogP contribution in [0, 0.1) is 0 Å². The number of carbonyl (C=O) groups is 3. The van der Waals surface area contributed by atoms with Crippen LogP contribution in [0.4, 0.5) is 5.69 Å².